The van der Waals surface area contributed by atoms with Gasteiger partial charge >= 0.3 is 0 Å². The van der Waals surface area contributed by atoms with Crippen molar-refractivity contribution in [2.75, 3.05) is 20.3 Å². The summed E-state index contributed by atoms with van der Waals surface area (Å²) in [5.41, 5.74) is 0. The zero-order valence-electron chi connectivity index (χ0n) is 11.0. The van der Waals surface area contributed by atoms with Crippen molar-refractivity contribution in [2.45, 2.75) is 58.9 Å². The summed E-state index contributed by atoms with van der Waals surface area (Å²) >= 11 is 0. The van der Waals surface area contributed by atoms with Crippen LogP contribution < -0.4 is 5.32 Å². The first kappa shape index (κ1) is 14.9. The van der Waals surface area contributed by atoms with Crippen molar-refractivity contribution in [2.24, 2.45) is 5.92 Å². The van der Waals surface area contributed by atoms with E-state index in [9.17, 15) is 0 Å². The fourth-order valence-electron chi connectivity index (χ4n) is 1.68. The molecule has 0 rings (SSSR count). The SMILES string of the molecule is CCC(CCCOCCCC(C)C)NC. The van der Waals surface area contributed by atoms with Gasteiger partial charge in [0.05, 0.1) is 0 Å². The van der Waals surface area contributed by atoms with Gasteiger partial charge in [-0.25, -0.2) is 0 Å². The second kappa shape index (κ2) is 10.4. The monoisotopic (exact) mass is 215 g/mol. The minimum atomic E-state index is 0.671. The maximum atomic E-state index is 5.60. The Hall–Kier alpha value is -0.0800. The molecule has 0 spiro atoms. The Bertz CT molecular complexity index is 122. The Morgan fingerprint density at radius 2 is 1.67 bits per heavy atom. The van der Waals surface area contributed by atoms with Gasteiger partial charge in [-0.15, -0.1) is 0 Å². The summed E-state index contributed by atoms with van der Waals surface area (Å²) in [6.07, 6.45) is 6.12. The molecule has 1 unspecified atom stereocenters. The standard InChI is InChI=1S/C13H29NO/c1-5-13(14-4)9-7-11-15-10-6-8-12(2)3/h12-14H,5-11H2,1-4H3. The summed E-state index contributed by atoms with van der Waals surface area (Å²) in [7, 11) is 2.04. The quantitative estimate of drug-likeness (QED) is 0.565. The highest BCUT2D eigenvalue weighted by atomic mass is 16.5. The fraction of sp³-hybridized carbons (Fsp3) is 1.00. The predicted octanol–water partition coefficient (Wildman–Crippen LogP) is 3.22. The van der Waals surface area contributed by atoms with E-state index in [1.807, 2.05) is 7.05 Å². The van der Waals surface area contributed by atoms with Gasteiger partial charge in [0.25, 0.3) is 0 Å². The van der Waals surface area contributed by atoms with Crippen LogP contribution in [0.5, 0.6) is 0 Å². The lowest BCUT2D eigenvalue weighted by atomic mass is 10.1. The van der Waals surface area contributed by atoms with Crippen molar-refractivity contribution in [3.63, 3.8) is 0 Å². The van der Waals surface area contributed by atoms with Gasteiger partial charge in [-0.1, -0.05) is 20.8 Å². The van der Waals surface area contributed by atoms with Crippen LogP contribution in [0.2, 0.25) is 0 Å². The third-order valence-electron chi connectivity index (χ3n) is 2.81. The van der Waals surface area contributed by atoms with Crippen LogP contribution >= 0.6 is 0 Å². The molecule has 1 atom stereocenters. The summed E-state index contributed by atoms with van der Waals surface area (Å²) < 4.78 is 5.60. The molecule has 0 aliphatic carbocycles. The first-order valence-corrected chi connectivity index (χ1v) is 6.45. The molecule has 15 heavy (non-hydrogen) atoms. The Morgan fingerprint density at radius 3 is 2.13 bits per heavy atom. The zero-order chi connectivity index (χ0) is 11.5. The average molecular weight is 215 g/mol. The molecule has 0 aliphatic heterocycles. The van der Waals surface area contributed by atoms with Gasteiger partial charge in [0.15, 0.2) is 0 Å². The van der Waals surface area contributed by atoms with Crippen LogP contribution in [-0.2, 0) is 4.74 Å². The molecule has 1 N–H and O–H groups in total. The van der Waals surface area contributed by atoms with Gasteiger partial charge in [-0.2, -0.15) is 0 Å². The minimum Gasteiger partial charge on any atom is -0.381 e. The van der Waals surface area contributed by atoms with Crippen LogP contribution in [0.15, 0.2) is 0 Å². The largest absolute Gasteiger partial charge is 0.381 e. The van der Waals surface area contributed by atoms with Crippen molar-refractivity contribution >= 4 is 0 Å². The molecule has 92 valence electrons. The molecule has 0 aliphatic rings. The van der Waals surface area contributed by atoms with Crippen LogP contribution in [0.25, 0.3) is 0 Å². The Labute approximate surface area is 95.8 Å². The highest BCUT2D eigenvalue weighted by Crippen LogP contribution is 2.04. The van der Waals surface area contributed by atoms with Crippen molar-refractivity contribution in [1.29, 1.82) is 0 Å². The summed E-state index contributed by atoms with van der Waals surface area (Å²) in [5.74, 6) is 0.808. The minimum absolute atomic E-state index is 0.671. The van der Waals surface area contributed by atoms with Gasteiger partial charge in [-0.05, 0) is 45.1 Å². The molecular formula is C13H29NO. The van der Waals surface area contributed by atoms with Gasteiger partial charge in [-0.3, -0.25) is 0 Å². The maximum absolute atomic E-state index is 5.60. The summed E-state index contributed by atoms with van der Waals surface area (Å²) in [4.78, 5) is 0. The van der Waals surface area contributed by atoms with Crippen LogP contribution in [0.1, 0.15) is 52.9 Å². The zero-order valence-corrected chi connectivity index (χ0v) is 11.0. The van der Waals surface area contributed by atoms with Gasteiger partial charge in [0.2, 0.25) is 0 Å². The highest BCUT2D eigenvalue weighted by molar-refractivity contribution is 4.61. The lowest BCUT2D eigenvalue weighted by Gasteiger charge is -2.13. The van der Waals surface area contributed by atoms with Crippen molar-refractivity contribution in [3.8, 4) is 0 Å². The third kappa shape index (κ3) is 10.2. The van der Waals surface area contributed by atoms with Crippen LogP contribution in [0.4, 0.5) is 0 Å². The molecule has 0 fully saturated rings. The molecule has 2 heteroatoms. The topological polar surface area (TPSA) is 21.3 Å². The van der Waals surface area contributed by atoms with E-state index in [-0.39, 0.29) is 0 Å². The molecule has 0 bridgehead atoms. The van der Waals surface area contributed by atoms with E-state index >= 15 is 0 Å². The predicted molar refractivity (Wildman–Crippen MR) is 67.3 cm³/mol. The molecule has 2 nitrogen and oxygen atoms in total. The van der Waals surface area contributed by atoms with E-state index in [4.69, 9.17) is 4.74 Å². The Kier molecular flexibility index (Phi) is 10.4. The molecular weight excluding hydrogens is 186 g/mol. The second-order valence-electron chi connectivity index (χ2n) is 4.68. The molecule has 0 aromatic carbocycles. The second-order valence-corrected chi connectivity index (χ2v) is 4.68. The van der Waals surface area contributed by atoms with E-state index in [0.29, 0.717) is 6.04 Å². The number of rotatable bonds is 10. The third-order valence-corrected chi connectivity index (χ3v) is 2.81. The molecule has 0 heterocycles. The lowest BCUT2D eigenvalue weighted by molar-refractivity contribution is 0.122. The van der Waals surface area contributed by atoms with Crippen molar-refractivity contribution < 1.29 is 4.74 Å². The average Bonchev–Trinajstić information content (AvgIpc) is 2.22. The van der Waals surface area contributed by atoms with Gasteiger partial charge < -0.3 is 10.1 Å². The van der Waals surface area contributed by atoms with Crippen LogP contribution in [-0.4, -0.2) is 26.3 Å². The maximum Gasteiger partial charge on any atom is 0.0466 e. The Balaban J connectivity index is 3.10. The smallest absolute Gasteiger partial charge is 0.0466 e. The molecule has 0 radical (unpaired) electrons. The normalized spacial score (nSPS) is 13.4. The van der Waals surface area contributed by atoms with E-state index in [1.54, 1.807) is 0 Å². The fourth-order valence-corrected chi connectivity index (χ4v) is 1.68. The first-order chi connectivity index (χ1) is 7.20. The molecule has 0 saturated carbocycles. The molecule has 0 saturated heterocycles. The van der Waals surface area contributed by atoms with E-state index in [0.717, 1.165) is 19.1 Å². The van der Waals surface area contributed by atoms with E-state index in [1.165, 1.54) is 32.1 Å². The summed E-state index contributed by atoms with van der Waals surface area (Å²) in [6.45, 7) is 8.62. The van der Waals surface area contributed by atoms with Crippen LogP contribution in [0.3, 0.4) is 0 Å². The summed E-state index contributed by atoms with van der Waals surface area (Å²) in [5, 5.41) is 3.31. The number of ether oxygens (including phenoxy) is 1. The lowest BCUT2D eigenvalue weighted by Crippen LogP contribution is -2.24. The van der Waals surface area contributed by atoms with Crippen molar-refractivity contribution in [1.82, 2.24) is 5.32 Å². The molecule has 0 aromatic heterocycles. The molecule has 0 aromatic rings. The first-order valence-electron chi connectivity index (χ1n) is 6.45. The van der Waals surface area contributed by atoms with Gasteiger partial charge in [0, 0.05) is 19.3 Å². The van der Waals surface area contributed by atoms with E-state index < -0.39 is 0 Å². The highest BCUT2D eigenvalue weighted by Gasteiger charge is 2.01. The number of nitrogens with one attached hydrogen (secondary N) is 1. The van der Waals surface area contributed by atoms with Crippen molar-refractivity contribution in [3.05, 3.63) is 0 Å². The summed E-state index contributed by atoms with van der Waals surface area (Å²) in [6, 6.07) is 0.671. The van der Waals surface area contributed by atoms with E-state index in [2.05, 4.69) is 26.1 Å². The molecule has 0 amide bonds. The Morgan fingerprint density at radius 1 is 1.07 bits per heavy atom. The van der Waals surface area contributed by atoms with Crippen LogP contribution in [0, 0.1) is 5.92 Å². The number of hydrogen-bond acceptors (Lipinski definition) is 2. The number of hydrogen-bond donors (Lipinski definition) is 1. The van der Waals surface area contributed by atoms with Gasteiger partial charge in [0.1, 0.15) is 0 Å².